The van der Waals surface area contributed by atoms with Crippen LogP contribution in [-0.4, -0.2) is 50.1 Å². The fourth-order valence-corrected chi connectivity index (χ4v) is 3.49. The monoisotopic (exact) mass is 295 g/mol. The molecule has 2 fully saturated rings. The molecule has 4 nitrogen and oxygen atoms in total. The van der Waals surface area contributed by atoms with Crippen molar-refractivity contribution in [2.75, 3.05) is 39.3 Å². The Bertz CT molecular complexity index is 329. The molecule has 2 heterocycles. The van der Waals surface area contributed by atoms with E-state index in [2.05, 4.69) is 36.3 Å². The number of piperidine rings is 2. The Morgan fingerprint density at radius 3 is 2.62 bits per heavy atom. The highest BCUT2D eigenvalue weighted by molar-refractivity contribution is 5.82. The second kappa shape index (κ2) is 7.59. The summed E-state index contributed by atoms with van der Waals surface area (Å²) in [4.78, 5) is 15.0. The summed E-state index contributed by atoms with van der Waals surface area (Å²) >= 11 is 0. The molecule has 4 heteroatoms. The van der Waals surface area contributed by atoms with Crippen LogP contribution in [0.15, 0.2) is 0 Å². The van der Waals surface area contributed by atoms with Gasteiger partial charge in [0.2, 0.25) is 5.91 Å². The Kier molecular flexibility index (Phi) is 6.06. The first-order valence-electron chi connectivity index (χ1n) is 8.71. The molecule has 0 bridgehead atoms. The second-order valence-electron chi connectivity index (χ2n) is 7.55. The summed E-state index contributed by atoms with van der Waals surface area (Å²) in [7, 11) is 0. The van der Waals surface area contributed by atoms with Crippen LogP contribution in [-0.2, 0) is 4.79 Å². The van der Waals surface area contributed by atoms with E-state index in [1.807, 2.05) is 0 Å². The maximum absolute atomic E-state index is 12.5. The zero-order valence-electron chi connectivity index (χ0n) is 14.1. The van der Waals surface area contributed by atoms with Gasteiger partial charge in [0.15, 0.2) is 0 Å². The van der Waals surface area contributed by atoms with E-state index >= 15 is 0 Å². The molecule has 1 atom stereocenters. The van der Waals surface area contributed by atoms with Gasteiger partial charge in [-0.3, -0.25) is 4.79 Å². The molecule has 21 heavy (non-hydrogen) atoms. The lowest BCUT2D eigenvalue weighted by molar-refractivity contribution is -0.132. The fourth-order valence-electron chi connectivity index (χ4n) is 3.49. The number of rotatable bonds is 5. The molecule has 2 rings (SSSR count). The molecular formula is C17H33N3O. The summed E-state index contributed by atoms with van der Waals surface area (Å²) in [5, 5.41) is 6.59. The molecule has 1 amide bonds. The molecule has 2 N–H and O–H groups in total. The van der Waals surface area contributed by atoms with Gasteiger partial charge in [0.25, 0.3) is 0 Å². The molecule has 0 aromatic rings. The van der Waals surface area contributed by atoms with Gasteiger partial charge in [-0.05, 0) is 63.7 Å². The average Bonchev–Trinajstić information content (AvgIpc) is 2.50. The maximum atomic E-state index is 12.5. The number of nitrogens with one attached hydrogen (secondary N) is 2. The molecule has 2 aliphatic rings. The molecule has 0 saturated carbocycles. The molecule has 0 aliphatic carbocycles. The Balaban J connectivity index is 1.70. The van der Waals surface area contributed by atoms with Crippen LogP contribution in [0.2, 0.25) is 0 Å². The summed E-state index contributed by atoms with van der Waals surface area (Å²) in [5.74, 6) is 1.55. The standard InChI is InChI=1S/C17H33N3O/c1-14-6-10-20(11-7-14)12-9-19-16(21)17(2,3)15-5-4-8-18-13-15/h14-15,18H,4-13H2,1-3H3,(H,19,21). The number of amides is 1. The normalized spacial score (nSPS) is 25.8. The van der Waals surface area contributed by atoms with Crippen molar-refractivity contribution < 1.29 is 4.79 Å². The highest BCUT2D eigenvalue weighted by atomic mass is 16.2. The summed E-state index contributed by atoms with van der Waals surface area (Å²) in [5.41, 5.74) is -0.260. The molecule has 2 saturated heterocycles. The Hall–Kier alpha value is -0.610. The lowest BCUT2D eigenvalue weighted by Crippen LogP contribution is -2.49. The van der Waals surface area contributed by atoms with E-state index in [1.165, 1.54) is 32.4 Å². The van der Waals surface area contributed by atoms with E-state index < -0.39 is 0 Å². The van der Waals surface area contributed by atoms with Gasteiger partial charge in [0.05, 0.1) is 0 Å². The number of hydrogen-bond acceptors (Lipinski definition) is 3. The van der Waals surface area contributed by atoms with Crippen LogP contribution in [0.25, 0.3) is 0 Å². The van der Waals surface area contributed by atoms with Crippen LogP contribution >= 0.6 is 0 Å². The van der Waals surface area contributed by atoms with Crippen LogP contribution in [0, 0.1) is 17.3 Å². The largest absolute Gasteiger partial charge is 0.354 e. The van der Waals surface area contributed by atoms with Gasteiger partial charge in [-0.1, -0.05) is 20.8 Å². The molecule has 0 aromatic heterocycles. The molecule has 2 aliphatic heterocycles. The van der Waals surface area contributed by atoms with Crippen LogP contribution in [0.4, 0.5) is 0 Å². The predicted molar refractivity (Wildman–Crippen MR) is 87.2 cm³/mol. The number of carbonyl (C=O) groups is 1. The quantitative estimate of drug-likeness (QED) is 0.814. The van der Waals surface area contributed by atoms with Crippen molar-refractivity contribution in [3.8, 4) is 0 Å². The van der Waals surface area contributed by atoms with Crippen LogP contribution in [0.1, 0.15) is 46.5 Å². The van der Waals surface area contributed by atoms with Crippen molar-refractivity contribution in [2.45, 2.75) is 46.5 Å². The summed E-state index contributed by atoms with van der Waals surface area (Å²) < 4.78 is 0. The minimum atomic E-state index is -0.260. The summed E-state index contributed by atoms with van der Waals surface area (Å²) in [6.07, 6.45) is 4.95. The molecule has 1 unspecified atom stereocenters. The molecule has 0 radical (unpaired) electrons. The maximum Gasteiger partial charge on any atom is 0.226 e. The number of nitrogens with zero attached hydrogens (tertiary/aromatic N) is 1. The van der Waals surface area contributed by atoms with E-state index in [-0.39, 0.29) is 11.3 Å². The Labute approximate surface area is 130 Å². The van der Waals surface area contributed by atoms with Gasteiger partial charge in [0, 0.05) is 18.5 Å². The van der Waals surface area contributed by atoms with Crippen molar-refractivity contribution in [3.05, 3.63) is 0 Å². The van der Waals surface area contributed by atoms with Crippen LogP contribution in [0.3, 0.4) is 0 Å². The molecule has 0 aromatic carbocycles. The van der Waals surface area contributed by atoms with E-state index in [1.54, 1.807) is 0 Å². The van der Waals surface area contributed by atoms with Crippen molar-refractivity contribution in [2.24, 2.45) is 17.3 Å². The van der Waals surface area contributed by atoms with Crippen LogP contribution < -0.4 is 10.6 Å². The minimum absolute atomic E-state index is 0.224. The third-order valence-electron chi connectivity index (χ3n) is 5.49. The van der Waals surface area contributed by atoms with Crippen molar-refractivity contribution in [1.29, 1.82) is 0 Å². The molecule has 122 valence electrons. The van der Waals surface area contributed by atoms with E-state index in [9.17, 15) is 4.79 Å². The van der Waals surface area contributed by atoms with Gasteiger partial charge in [-0.2, -0.15) is 0 Å². The topological polar surface area (TPSA) is 44.4 Å². The average molecular weight is 295 g/mol. The highest BCUT2D eigenvalue weighted by Crippen LogP contribution is 2.31. The Morgan fingerprint density at radius 2 is 2.00 bits per heavy atom. The molecular weight excluding hydrogens is 262 g/mol. The van der Waals surface area contributed by atoms with Crippen molar-refractivity contribution >= 4 is 5.91 Å². The third kappa shape index (κ3) is 4.68. The predicted octanol–water partition coefficient (Wildman–Crippen LogP) is 1.86. The van der Waals surface area contributed by atoms with Crippen molar-refractivity contribution in [1.82, 2.24) is 15.5 Å². The zero-order chi connectivity index (χ0) is 15.3. The SMILES string of the molecule is CC1CCN(CCNC(=O)C(C)(C)C2CCCNC2)CC1. The second-order valence-corrected chi connectivity index (χ2v) is 7.55. The smallest absolute Gasteiger partial charge is 0.226 e. The third-order valence-corrected chi connectivity index (χ3v) is 5.49. The first-order valence-corrected chi connectivity index (χ1v) is 8.71. The number of hydrogen-bond donors (Lipinski definition) is 2. The van der Waals surface area contributed by atoms with Crippen molar-refractivity contribution in [3.63, 3.8) is 0 Å². The van der Waals surface area contributed by atoms with Gasteiger partial charge >= 0.3 is 0 Å². The van der Waals surface area contributed by atoms with E-state index in [4.69, 9.17) is 0 Å². The molecule has 0 spiro atoms. The summed E-state index contributed by atoms with van der Waals surface area (Å²) in [6, 6.07) is 0. The summed E-state index contributed by atoms with van der Waals surface area (Å²) in [6.45, 7) is 12.8. The number of likely N-dealkylation sites (tertiary alicyclic amines) is 1. The van der Waals surface area contributed by atoms with Gasteiger partial charge < -0.3 is 15.5 Å². The first-order chi connectivity index (χ1) is 10.00. The number of carbonyl (C=O) groups excluding carboxylic acids is 1. The van der Waals surface area contributed by atoms with E-state index in [0.717, 1.165) is 38.5 Å². The van der Waals surface area contributed by atoms with Gasteiger partial charge in [-0.15, -0.1) is 0 Å². The van der Waals surface area contributed by atoms with Gasteiger partial charge in [-0.25, -0.2) is 0 Å². The first kappa shape index (κ1) is 16.8. The highest BCUT2D eigenvalue weighted by Gasteiger charge is 2.37. The Morgan fingerprint density at radius 1 is 1.29 bits per heavy atom. The van der Waals surface area contributed by atoms with Gasteiger partial charge in [0.1, 0.15) is 0 Å². The van der Waals surface area contributed by atoms with E-state index in [0.29, 0.717) is 5.92 Å². The minimum Gasteiger partial charge on any atom is -0.354 e. The zero-order valence-corrected chi connectivity index (χ0v) is 14.1. The fraction of sp³-hybridized carbons (Fsp3) is 0.941. The lowest BCUT2D eigenvalue weighted by atomic mass is 9.74. The van der Waals surface area contributed by atoms with Crippen LogP contribution in [0.5, 0.6) is 0 Å². The lowest BCUT2D eigenvalue weighted by Gasteiger charge is -2.36.